The van der Waals surface area contributed by atoms with Crippen molar-refractivity contribution < 1.29 is 5.11 Å². The molecule has 0 aliphatic carbocycles. The summed E-state index contributed by atoms with van der Waals surface area (Å²) in [6.45, 7) is 0.488. The predicted octanol–water partition coefficient (Wildman–Crippen LogP) is 1.06. The molecular formula is C20H21N5O3. The summed E-state index contributed by atoms with van der Waals surface area (Å²) in [6.07, 6.45) is 0.727. The number of nitrogens with zero attached hydrogens (tertiary/aromatic N) is 4. The summed E-state index contributed by atoms with van der Waals surface area (Å²) in [5.74, 6) is 0. The first-order valence-electron chi connectivity index (χ1n) is 8.98. The molecule has 0 amide bonds. The zero-order valence-electron chi connectivity index (χ0n) is 15.7. The molecule has 0 saturated carbocycles. The van der Waals surface area contributed by atoms with Gasteiger partial charge < -0.3 is 15.0 Å². The molecule has 8 nitrogen and oxygen atoms in total. The van der Waals surface area contributed by atoms with Gasteiger partial charge in [0.15, 0.2) is 11.2 Å². The summed E-state index contributed by atoms with van der Waals surface area (Å²) in [5, 5.41) is 16.0. The number of imidazole rings is 1. The lowest BCUT2D eigenvalue weighted by Gasteiger charge is -2.15. The Bertz CT molecular complexity index is 1280. The first-order chi connectivity index (χ1) is 13.5. The van der Waals surface area contributed by atoms with Crippen LogP contribution in [0.15, 0.2) is 58.4 Å². The molecule has 2 N–H and O–H groups in total. The lowest BCUT2D eigenvalue weighted by atomic mass is 10.1. The number of fused-ring (bicyclic) bond motifs is 2. The maximum Gasteiger partial charge on any atom is 0.332 e. The highest BCUT2D eigenvalue weighted by atomic mass is 16.3. The molecule has 4 rings (SSSR count). The Morgan fingerprint density at radius 2 is 1.82 bits per heavy atom. The lowest BCUT2D eigenvalue weighted by Crippen LogP contribution is -2.38. The maximum absolute atomic E-state index is 12.5. The first-order valence-corrected chi connectivity index (χ1v) is 8.98. The Morgan fingerprint density at radius 1 is 1.07 bits per heavy atom. The largest absolute Gasteiger partial charge is 0.389 e. The van der Waals surface area contributed by atoms with Crippen LogP contribution in [0, 0.1) is 0 Å². The third kappa shape index (κ3) is 2.97. The number of aryl methyl sites for hydroxylation is 1. The van der Waals surface area contributed by atoms with Crippen LogP contribution in [0.1, 0.15) is 0 Å². The van der Waals surface area contributed by atoms with Crippen molar-refractivity contribution in [3.8, 4) is 0 Å². The molecule has 8 heteroatoms. The highest BCUT2D eigenvalue weighted by molar-refractivity contribution is 5.93. The van der Waals surface area contributed by atoms with Crippen LogP contribution in [-0.4, -0.2) is 36.4 Å². The number of aliphatic hydroxyl groups is 1. The van der Waals surface area contributed by atoms with Gasteiger partial charge in [0.1, 0.15) is 0 Å². The van der Waals surface area contributed by atoms with Gasteiger partial charge in [-0.3, -0.25) is 13.9 Å². The molecule has 0 aliphatic rings. The van der Waals surface area contributed by atoms with E-state index >= 15 is 0 Å². The summed E-state index contributed by atoms with van der Waals surface area (Å²) >= 11 is 0. The van der Waals surface area contributed by atoms with Crippen LogP contribution in [0.2, 0.25) is 0 Å². The van der Waals surface area contributed by atoms with Gasteiger partial charge in [-0.1, -0.05) is 36.4 Å². The standard InChI is InChI=1S/C20H21N5O3/c1-23-18-17(19(27)24(2)20(23)28)25(12-22-18)11-14(26)10-21-16-9-5-7-13-6-3-4-8-15(13)16/h3-9,12,14,21,26H,10-11H2,1-2H3/t14-/m1/s1. The van der Waals surface area contributed by atoms with Crippen LogP contribution in [-0.2, 0) is 20.6 Å². The Kier molecular flexibility index (Phi) is 4.48. The number of rotatable bonds is 5. The number of aromatic nitrogens is 4. The van der Waals surface area contributed by atoms with E-state index in [0.29, 0.717) is 17.7 Å². The normalized spacial score (nSPS) is 12.5. The van der Waals surface area contributed by atoms with Gasteiger partial charge in [0.05, 0.1) is 19.0 Å². The van der Waals surface area contributed by atoms with E-state index in [4.69, 9.17) is 0 Å². The molecule has 0 fully saturated rings. The SMILES string of the molecule is Cn1c(=O)c2c(ncn2C[C@H](O)CNc2cccc3ccccc23)n(C)c1=O. The van der Waals surface area contributed by atoms with Crippen LogP contribution in [0.4, 0.5) is 5.69 Å². The first kappa shape index (κ1) is 18.0. The number of nitrogens with one attached hydrogen (secondary N) is 1. The van der Waals surface area contributed by atoms with E-state index in [-0.39, 0.29) is 6.54 Å². The Labute approximate surface area is 160 Å². The Morgan fingerprint density at radius 3 is 2.64 bits per heavy atom. The molecule has 0 bridgehead atoms. The van der Waals surface area contributed by atoms with Gasteiger partial charge in [-0.05, 0) is 11.5 Å². The van der Waals surface area contributed by atoms with E-state index in [1.807, 2.05) is 42.5 Å². The molecule has 2 aromatic carbocycles. The number of anilines is 1. The average molecular weight is 379 g/mol. The molecule has 28 heavy (non-hydrogen) atoms. The smallest absolute Gasteiger partial charge is 0.332 e. The highest BCUT2D eigenvalue weighted by Gasteiger charge is 2.16. The second-order valence-corrected chi connectivity index (χ2v) is 6.84. The average Bonchev–Trinajstić information content (AvgIpc) is 3.12. The second kappa shape index (κ2) is 6.97. The maximum atomic E-state index is 12.5. The molecule has 1 atom stereocenters. The molecule has 4 aromatic rings. The van der Waals surface area contributed by atoms with E-state index in [0.717, 1.165) is 21.0 Å². The highest BCUT2D eigenvalue weighted by Crippen LogP contribution is 2.22. The van der Waals surface area contributed by atoms with Gasteiger partial charge in [0.25, 0.3) is 5.56 Å². The fourth-order valence-electron chi connectivity index (χ4n) is 3.43. The van der Waals surface area contributed by atoms with Gasteiger partial charge in [-0.15, -0.1) is 0 Å². The topological polar surface area (TPSA) is 94.1 Å². The minimum Gasteiger partial charge on any atom is -0.389 e. The summed E-state index contributed by atoms with van der Waals surface area (Å²) < 4.78 is 3.96. The number of hydrogen-bond acceptors (Lipinski definition) is 5. The van der Waals surface area contributed by atoms with Crippen molar-refractivity contribution in [1.29, 1.82) is 0 Å². The third-order valence-corrected chi connectivity index (χ3v) is 4.94. The van der Waals surface area contributed by atoms with Gasteiger partial charge in [-0.25, -0.2) is 9.78 Å². The van der Waals surface area contributed by atoms with Crippen LogP contribution in [0.5, 0.6) is 0 Å². The van der Waals surface area contributed by atoms with Crippen molar-refractivity contribution in [2.45, 2.75) is 12.6 Å². The van der Waals surface area contributed by atoms with E-state index in [2.05, 4.69) is 10.3 Å². The lowest BCUT2D eigenvalue weighted by molar-refractivity contribution is 0.168. The fraction of sp³-hybridized carbons (Fsp3) is 0.250. The molecular weight excluding hydrogens is 358 g/mol. The zero-order valence-corrected chi connectivity index (χ0v) is 15.7. The van der Waals surface area contributed by atoms with Crippen molar-refractivity contribution in [3.63, 3.8) is 0 Å². The third-order valence-electron chi connectivity index (χ3n) is 4.94. The van der Waals surface area contributed by atoms with Crippen LogP contribution in [0.3, 0.4) is 0 Å². The monoisotopic (exact) mass is 379 g/mol. The van der Waals surface area contributed by atoms with Crippen LogP contribution >= 0.6 is 0 Å². The van der Waals surface area contributed by atoms with Crippen molar-refractivity contribution in [2.24, 2.45) is 14.1 Å². The number of aliphatic hydroxyl groups excluding tert-OH is 1. The van der Waals surface area contributed by atoms with Crippen molar-refractivity contribution in [2.75, 3.05) is 11.9 Å². The Balaban J connectivity index is 1.57. The molecule has 0 aliphatic heterocycles. The number of hydrogen-bond donors (Lipinski definition) is 2. The minimum atomic E-state index is -0.752. The summed E-state index contributed by atoms with van der Waals surface area (Å²) in [7, 11) is 3.00. The summed E-state index contributed by atoms with van der Waals surface area (Å²) in [6, 6.07) is 14.0. The van der Waals surface area contributed by atoms with Crippen molar-refractivity contribution in [3.05, 3.63) is 69.6 Å². The van der Waals surface area contributed by atoms with Gasteiger partial charge >= 0.3 is 5.69 Å². The number of benzene rings is 2. The molecule has 0 radical (unpaired) electrons. The molecule has 144 valence electrons. The summed E-state index contributed by atoms with van der Waals surface area (Å²) in [4.78, 5) is 28.7. The molecule has 0 saturated heterocycles. The molecule has 0 spiro atoms. The minimum absolute atomic E-state index is 0.182. The quantitative estimate of drug-likeness (QED) is 0.541. The van der Waals surface area contributed by atoms with E-state index < -0.39 is 17.4 Å². The van der Waals surface area contributed by atoms with Gasteiger partial charge in [0.2, 0.25) is 0 Å². The second-order valence-electron chi connectivity index (χ2n) is 6.84. The molecule has 2 aromatic heterocycles. The van der Waals surface area contributed by atoms with E-state index in [9.17, 15) is 14.7 Å². The fourth-order valence-corrected chi connectivity index (χ4v) is 3.43. The van der Waals surface area contributed by atoms with Crippen LogP contribution < -0.4 is 16.6 Å². The summed E-state index contributed by atoms with van der Waals surface area (Å²) in [5.41, 5.74) is 0.688. The predicted molar refractivity (Wildman–Crippen MR) is 109 cm³/mol. The van der Waals surface area contributed by atoms with Crippen molar-refractivity contribution in [1.82, 2.24) is 18.7 Å². The van der Waals surface area contributed by atoms with Crippen molar-refractivity contribution >= 4 is 27.6 Å². The van der Waals surface area contributed by atoms with E-state index in [1.165, 1.54) is 17.9 Å². The van der Waals surface area contributed by atoms with Crippen LogP contribution in [0.25, 0.3) is 21.9 Å². The molecule has 0 unspecified atom stereocenters. The zero-order chi connectivity index (χ0) is 19.8. The molecule has 2 heterocycles. The van der Waals surface area contributed by atoms with Gasteiger partial charge in [0, 0.05) is 31.7 Å². The Hall–Kier alpha value is -3.39. The van der Waals surface area contributed by atoms with E-state index in [1.54, 1.807) is 11.6 Å². The van der Waals surface area contributed by atoms with Gasteiger partial charge in [-0.2, -0.15) is 0 Å².